The topological polar surface area (TPSA) is 21.3 Å². The molecule has 2 heteroatoms. The van der Waals surface area contributed by atoms with Gasteiger partial charge < -0.3 is 0 Å². The molecule has 1 N–H and O–H groups in total. The molecule has 0 atom stereocenters. The van der Waals surface area contributed by atoms with Crippen LogP contribution in [0.5, 0.6) is 0 Å². The summed E-state index contributed by atoms with van der Waals surface area (Å²) in [5.41, 5.74) is 4.08. The molecule has 0 aliphatic carbocycles. The van der Waals surface area contributed by atoms with E-state index in [9.17, 15) is 0 Å². The second-order valence-corrected chi connectivity index (χ2v) is 2.67. The van der Waals surface area contributed by atoms with Gasteiger partial charge in [0.15, 0.2) is 0 Å². The van der Waals surface area contributed by atoms with E-state index in [1.807, 2.05) is 30.3 Å². The normalized spacial score (nSPS) is 10.1. The lowest BCUT2D eigenvalue weighted by Crippen LogP contribution is -2.14. The fraction of sp³-hybridized carbons (Fsp3) is 0.400. The Labute approximate surface area is 73.5 Å². The summed E-state index contributed by atoms with van der Waals surface area (Å²) < 4.78 is 0. The highest BCUT2D eigenvalue weighted by atomic mass is 16.6. The van der Waals surface area contributed by atoms with Crippen LogP contribution in [0, 0.1) is 0 Å². The molecule has 1 aromatic carbocycles. The number of rotatable bonds is 5. The van der Waals surface area contributed by atoms with Crippen molar-refractivity contribution in [1.82, 2.24) is 5.48 Å². The molecule has 0 saturated carbocycles. The molecule has 0 spiro atoms. The smallest absolute Gasteiger partial charge is 0.0933 e. The second kappa shape index (κ2) is 5.75. The van der Waals surface area contributed by atoms with E-state index in [1.54, 1.807) is 0 Å². The highest BCUT2D eigenvalue weighted by Gasteiger charge is 1.89. The van der Waals surface area contributed by atoms with Gasteiger partial charge in [0, 0.05) is 6.54 Å². The van der Waals surface area contributed by atoms with Crippen LogP contribution in [-0.2, 0) is 11.4 Å². The molecule has 0 radical (unpaired) electrons. The summed E-state index contributed by atoms with van der Waals surface area (Å²) in [5, 5.41) is 0. The molecule has 0 fully saturated rings. The summed E-state index contributed by atoms with van der Waals surface area (Å²) in [6.45, 7) is 3.66. The third-order valence-electron chi connectivity index (χ3n) is 1.54. The van der Waals surface area contributed by atoms with Gasteiger partial charge in [-0.2, -0.15) is 0 Å². The Morgan fingerprint density at radius 1 is 1.25 bits per heavy atom. The summed E-state index contributed by atoms with van der Waals surface area (Å²) in [6, 6.07) is 10.1. The van der Waals surface area contributed by atoms with Crippen molar-refractivity contribution in [3.8, 4) is 0 Å². The van der Waals surface area contributed by atoms with Gasteiger partial charge in [0.05, 0.1) is 6.61 Å². The molecule has 0 bridgehead atoms. The average molecular weight is 165 g/mol. The molecule has 12 heavy (non-hydrogen) atoms. The molecular formula is C10H15NO. The van der Waals surface area contributed by atoms with E-state index in [0.717, 1.165) is 13.0 Å². The van der Waals surface area contributed by atoms with Crippen molar-refractivity contribution in [3.05, 3.63) is 35.9 Å². The predicted octanol–water partition coefficient (Wildman–Crippen LogP) is 2.12. The Bertz CT molecular complexity index is 198. The highest BCUT2D eigenvalue weighted by Crippen LogP contribution is 1.98. The summed E-state index contributed by atoms with van der Waals surface area (Å²) in [5.74, 6) is 0. The lowest BCUT2D eigenvalue weighted by Gasteiger charge is -2.03. The molecule has 0 saturated heterocycles. The minimum Gasteiger partial charge on any atom is -0.297 e. The van der Waals surface area contributed by atoms with Crippen LogP contribution in [-0.4, -0.2) is 6.54 Å². The zero-order valence-electron chi connectivity index (χ0n) is 7.42. The van der Waals surface area contributed by atoms with Crippen molar-refractivity contribution in [2.75, 3.05) is 6.54 Å². The Morgan fingerprint density at radius 2 is 2.00 bits per heavy atom. The minimum absolute atomic E-state index is 0.640. The van der Waals surface area contributed by atoms with Gasteiger partial charge in [-0.1, -0.05) is 37.3 Å². The Balaban J connectivity index is 2.16. The van der Waals surface area contributed by atoms with Crippen LogP contribution in [0.2, 0.25) is 0 Å². The Morgan fingerprint density at radius 3 is 2.67 bits per heavy atom. The zero-order valence-corrected chi connectivity index (χ0v) is 7.42. The van der Waals surface area contributed by atoms with Crippen LogP contribution in [0.15, 0.2) is 30.3 Å². The van der Waals surface area contributed by atoms with Gasteiger partial charge in [0.2, 0.25) is 0 Å². The van der Waals surface area contributed by atoms with Crippen molar-refractivity contribution in [2.24, 2.45) is 0 Å². The molecule has 1 rings (SSSR count). The zero-order chi connectivity index (χ0) is 8.65. The predicted molar refractivity (Wildman–Crippen MR) is 49.5 cm³/mol. The first-order valence-corrected chi connectivity index (χ1v) is 4.32. The number of benzene rings is 1. The van der Waals surface area contributed by atoms with Crippen molar-refractivity contribution in [2.45, 2.75) is 20.0 Å². The second-order valence-electron chi connectivity index (χ2n) is 2.67. The van der Waals surface area contributed by atoms with Gasteiger partial charge in [0.25, 0.3) is 0 Å². The maximum absolute atomic E-state index is 5.21. The molecule has 2 nitrogen and oxygen atoms in total. The molecule has 0 amide bonds. The van der Waals surface area contributed by atoms with Gasteiger partial charge >= 0.3 is 0 Å². The summed E-state index contributed by atoms with van der Waals surface area (Å²) in [6.07, 6.45) is 1.09. The number of hydrogen-bond donors (Lipinski definition) is 1. The molecule has 0 aromatic heterocycles. The Hall–Kier alpha value is -0.860. The van der Waals surface area contributed by atoms with E-state index in [2.05, 4.69) is 12.4 Å². The molecule has 0 heterocycles. The Kier molecular flexibility index (Phi) is 4.42. The molecular weight excluding hydrogens is 150 g/mol. The first-order chi connectivity index (χ1) is 5.93. The number of hydrogen-bond acceptors (Lipinski definition) is 2. The van der Waals surface area contributed by atoms with Crippen LogP contribution in [0.1, 0.15) is 18.9 Å². The molecule has 0 unspecified atom stereocenters. The fourth-order valence-electron chi connectivity index (χ4n) is 0.883. The maximum Gasteiger partial charge on any atom is 0.0933 e. The quantitative estimate of drug-likeness (QED) is 0.533. The van der Waals surface area contributed by atoms with Crippen LogP contribution < -0.4 is 5.48 Å². The van der Waals surface area contributed by atoms with Gasteiger partial charge in [-0.3, -0.25) is 4.84 Å². The number of nitrogens with one attached hydrogen (secondary N) is 1. The third kappa shape index (κ3) is 3.51. The summed E-state index contributed by atoms with van der Waals surface area (Å²) in [4.78, 5) is 5.21. The van der Waals surface area contributed by atoms with Crippen molar-refractivity contribution in [3.63, 3.8) is 0 Å². The van der Waals surface area contributed by atoms with Gasteiger partial charge in [-0.15, -0.1) is 0 Å². The van der Waals surface area contributed by atoms with Crippen LogP contribution in [0.3, 0.4) is 0 Å². The molecule has 0 aliphatic heterocycles. The van der Waals surface area contributed by atoms with E-state index in [1.165, 1.54) is 5.56 Å². The standard InChI is InChI=1S/C10H15NO/c1-2-8-11-12-9-10-6-4-3-5-7-10/h3-7,11H,2,8-9H2,1H3. The monoisotopic (exact) mass is 165 g/mol. The van der Waals surface area contributed by atoms with E-state index in [4.69, 9.17) is 4.84 Å². The first-order valence-electron chi connectivity index (χ1n) is 4.32. The number of hydroxylamine groups is 1. The minimum atomic E-state index is 0.640. The van der Waals surface area contributed by atoms with Crippen molar-refractivity contribution in [1.29, 1.82) is 0 Å². The fourth-order valence-corrected chi connectivity index (χ4v) is 0.883. The largest absolute Gasteiger partial charge is 0.297 e. The van der Waals surface area contributed by atoms with Crippen molar-refractivity contribution >= 4 is 0 Å². The molecule has 0 aliphatic rings. The van der Waals surface area contributed by atoms with Crippen LogP contribution in [0.4, 0.5) is 0 Å². The summed E-state index contributed by atoms with van der Waals surface area (Å²) >= 11 is 0. The first kappa shape index (κ1) is 9.23. The SMILES string of the molecule is CCCNOCc1ccccc1. The molecule has 1 aromatic rings. The lowest BCUT2D eigenvalue weighted by atomic mass is 10.2. The van der Waals surface area contributed by atoms with Crippen molar-refractivity contribution < 1.29 is 4.84 Å². The van der Waals surface area contributed by atoms with Gasteiger partial charge in [-0.25, -0.2) is 5.48 Å². The van der Waals surface area contributed by atoms with Crippen LogP contribution in [0.25, 0.3) is 0 Å². The van der Waals surface area contributed by atoms with Gasteiger partial charge in [0.1, 0.15) is 0 Å². The van der Waals surface area contributed by atoms with Crippen LogP contribution >= 0.6 is 0 Å². The lowest BCUT2D eigenvalue weighted by molar-refractivity contribution is 0.0283. The van der Waals surface area contributed by atoms with Gasteiger partial charge in [-0.05, 0) is 12.0 Å². The average Bonchev–Trinajstić information content (AvgIpc) is 2.14. The third-order valence-corrected chi connectivity index (χ3v) is 1.54. The summed E-state index contributed by atoms with van der Waals surface area (Å²) in [7, 11) is 0. The maximum atomic E-state index is 5.21. The van der Waals surface area contributed by atoms with E-state index in [-0.39, 0.29) is 0 Å². The van der Waals surface area contributed by atoms with E-state index in [0.29, 0.717) is 6.61 Å². The molecule has 66 valence electrons. The highest BCUT2D eigenvalue weighted by molar-refractivity contribution is 5.13. The van der Waals surface area contributed by atoms with E-state index >= 15 is 0 Å². The van der Waals surface area contributed by atoms with E-state index < -0.39 is 0 Å².